The van der Waals surface area contributed by atoms with E-state index in [1.54, 1.807) is 60.9 Å². The van der Waals surface area contributed by atoms with E-state index >= 15 is 0 Å². The lowest BCUT2D eigenvalue weighted by molar-refractivity contribution is -0.136. The van der Waals surface area contributed by atoms with E-state index in [9.17, 15) is 18.3 Å². The molecule has 0 spiro atoms. The highest BCUT2D eigenvalue weighted by molar-refractivity contribution is 7.89. The van der Waals surface area contributed by atoms with Crippen LogP contribution >= 0.6 is 0 Å². The Kier molecular flexibility index (Phi) is 8.80. The zero-order valence-corrected chi connectivity index (χ0v) is 21.1. The highest BCUT2D eigenvalue weighted by atomic mass is 32.2. The summed E-state index contributed by atoms with van der Waals surface area (Å²) in [7, 11) is -2.19. The van der Waals surface area contributed by atoms with Gasteiger partial charge in [0, 0.05) is 39.0 Å². The van der Waals surface area contributed by atoms with Crippen LogP contribution in [-0.4, -0.2) is 82.5 Å². The summed E-state index contributed by atoms with van der Waals surface area (Å²) in [5, 5.41) is 17.8. The van der Waals surface area contributed by atoms with Crippen LogP contribution in [0.3, 0.4) is 0 Å². The molecule has 3 atom stereocenters. The molecule has 0 aliphatic carbocycles. The van der Waals surface area contributed by atoms with Crippen LogP contribution in [0, 0.1) is 12.8 Å². The molecule has 1 N–H and O–H groups in total. The Bertz CT molecular complexity index is 1070. The monoisotopic (exact) mass is 493 g/mol. The molecule has 1 amide bonds. The Labute approximate surface area is 201 Å². The van der Waals surface area contributed by atoms with Crippen molar-refractivity contribution < 1.29 is 23.1 Å². The van der Waals surface area contributed by atoms with E-state index in [0.717, 1.165) is 5.69 Å². The topological polar surface area (TPSA) is 118 Å². The number of aryl methyl sites for hydroxylation is 2. The summed E-state index contributed by atoms with van der Waals surface area (Å²) in [5.74, 6) is -0.258. The van der Waals surface area contributed by atoms with E-state index < -0.39 is 16.1 Å². The van der Waals surface area contributed by atoms with Crippen molar-refractivity contribution in [3.8, 4) is 0 Å². The molecule has 2 heterocycles. The van der Waals surface area contributed by atoms with Gasteiger partial charge in [0.25, 0.3) is 0 Å². The zero-order chi connectivity index (χ0) is 24.9. The predicted molar refractivity (Wildman–Crippen MR) is 126 cm³/mol. The van der Waals surface area contributed by atoms with Gasteiger partial charge < -0.3 is 14.7 Å². The highest BCUT2D eigenvalue weighted by Gasteiger charge is 2.31. The van der Waals surface area contributed by atoms with Crippen molar-refractivity contribution in [2.75, 3.05) is 26.7 Å². The molecule has 1 aromatic carbocycles. The van der Waals surface area contributed by atoms with Gasteiger partial charge in [-0.2, -0.15) is 4.31 Å². The Morgan fingerprint density at radius 1 is 1.32 bits per heavy atom. The second-order valence-electron chi connectivity index (χ2n) is 9.01. The summed E-state index contributed by atoms with van der Waals surface area (Å²) in [5.41, 5.74) is 1.45. The van der Waals surface area contributed by atoms with Gasteiger partial charge >= 0.3 is 0 Å². The SMILES string of the molecule is Cc1ccccc1S(=O)(=O)N(C)C[C@H]1OCc2cnnn2CCCC(=O)N([C@@H](C)CO)C[C@H]1C. The quantitative estimate of drug-likeness (QED) is 0.647. The lowest BCUT2D eigenvalue weighted by Gasteiger charge is -2.35. The molecule has 0 fully saturated rings. The van der Waals surface area contributed by atoms with E-state index in [4.69, 9.17) is 4.74 Å². The average molecular weight is 494 g/mol. The number of amides is 1. The molecule has 10 nitrogen and oxygen atoms in total. The summed E-state index contributed by atoms with van der Waals surface area (Å²) >= 11 is 0. The number of aliphatic hydroxyl groups excluding tert-OH is 1. The molecule has 34 heavy (non-hydrogen) atoms. The summed E-state index contributed by atoms with van der Waals surface area (Å²) in [6.45, 7) is 6.55. The van der Waals surface area contributed by atoms with Gasteiger partial charge in [-0.25, -0.2) is 13.1 Å². The third kappa shape index (κ3) is 6.01. The molecule has 0 bridgehead atoms. The fourth-order valence-corrected chi connectivity index (χ4v) is 5.52. The first kappa shape index (κ1) is 26.3. The molecule has 11 heteroatoms. The van der Waals surface area contributed by atoms with Gasteiger partial charge in [-0.3, -0.25) is 4.79 Å². The van der Waals surface area contributed by atoms with Crippen LogP contribution in [0.4, 0.5) is 0 Å². The largest absolute Gasteiger partial charge is 0.394 e. The van der Waals surface area contributed by atoms with Crippen LogP contribution in [0.5, 0.6) is 0 Å². The van der Waals surface area contributed by atoms with Gasteiger partial charge in [0.2, 0.25) is 15.9 Å². The minimum atomic E-state index is -3.73. The van der Waals surface area contributed by atoms with Crippen LogP contribution in [0.15, 0.2) is 35.4 Å². The van der Waals surface area contributed by atoms with Crippen molar-refractivity contribution in [2.24, 2.45) is 5.92 Å². The smallest absolute Gasteiger partial charge is 0.243 e. The lowest BCUT2D eigenvalue weighted by atomic mass is 10.0. The van der Waals surface area contributed by atoms with Crippen molar-refractivity contribution in [3.63, 3.8) is 0 Å². The maximum absolute atomic E-state index is 13.3. The fourth-order valence-electron chi connectivity index (χ4n) is 4.11. The molecule has 0 radical (unpaired) electrons. The van der Waals surface area contributed by atoms with Crippen LogP contribution in [0.25, 0.3) is 0 Å². The number of carbonyl (C=O) groups excluding carboxylic acids is 1. The molecule has 2 aromatic rings. The van der Waals surface area contributed by atoms with Crippen molar-refractivity contribution in [2.45, 2.75) is 63.8 Å². The van der Waals surface area contributed by atoms with E-state index in [0.29, 0.717) is 31.5 Å². The van der Waals surface area contributed by atoms with Crippen LogP contribution in [-0.2, 0) is 32.7 Å². The number of aromatic nitrogens is 3. The molecular weight excluding hydrogens is 458 g/mol. The Hall–Kier alpha value is -2.34. The number of carbonyl (C=O) groups is 1. The highest BCUT2D eigenvalue weighted by Crippen LogP contribution is 2.22. The van der Waals surface area contributed by atoms with Gasteiger partial charge in [-0.05, 0) is 31.9 Å². The van der Waals surface area contributed by atoms with E-state index in [-0.39, 0.29) is 42.5 Å². The predicted octanol–water partition coefficient (Wildman–Crippen LogP) is 1.43. The summed E-state index contributed by atoms with van der Waals surface area (Å²) in [6.07, 6.45) is 2.04. The number of aliphatic hydroxyl groups is 1. The number of fused-ring (bicyclic) bond motifs is 1. The van der Waals surface area contributed by atoms with Crippen molar-refractivity contribution in [1.82, 2.24) is 24.2 Å². The van der Waals surface area contributed by atoms with Gasteiger partial charge in [-0.1, -0.05) is 30.3 Å². The number of likely N-dealkylation sites (N-methyl/N-ethyl adjacent to an activating group) is 1. The first-order valence-electron chi connectivity index (χ1n) is 11.6. The normalized spacial score (nSPS) is 21.6. The summed E-state index contributed by atoms with van der Waals surface area (Å²) in [6, 6.07) is 6.52. The fraction of sp³-hybridized carbons (Fsp3) is 0.609. The Balaban J connectivity index is 1.88. The standard InChI is InChI=1S/C23H35N5O5S/c1-17-8-5-6-9-22(17)34(31,32)26(4)14-21-18(2)13-27(19(3)15-29)23(30)10-7-11-28-20(16-33-21)12-24-25-28/h5-6,8-9,12,18-19,21,29H,7,10-11,13-16H2,1-4H3/t18-,19+,21-/m1/s1. The maximum Gasteiger partial charge on any atom is 0.243 e. The van der Waals surface area contributed by atoms with Crippen molar-refractivity contribution in [3.05, 3.63) is 41.7 Å². The second-order valence-corrected chi connectivity index (χ2v) is 11.0. The van der Waals surface area contributed by atoms with Gasteiger partial charge in [0.15, 0.2) is 0 Å². The molecule has 1 aliphatic rings. The van der Waals surface area contributed by atoms with Crippen molar-refractivity contribution >= 4 is 15.9 Å². The Morgan fingerprint density at radius 3 is 2.76 bits per heavy atom. The molecule has 0 saturated carbocycles. The number of hydrogen-bond acceptors (Lipinski definition) is 7. The van der Waals surface area contributed by atoms with E-state index in [2.05, 4.69) is 10.3 Å². The van der Waals surface area contributed by atoms with Gasteiger partial charge in [0.05, 0.1) is 42.1 Å². The molecule has 1 aromatic heterocycles. The number of ether oxygens (including phenoxy) is 1. The maximum atomic E-state index is 13.3. The molecule has 1 aliphatic heterocycles. The molecule has 0 unspecified atom stereocenters. The number of hydrogen-bond donors (Lipinski definition) is 1. The number of sulfonamides is 1. The molecule has 3 rings (SSSR count). The number of benzene rings is 1. The Morgan fingerprint density at radius 2 is 2.06 bits per heavy atom. The van der Waals surface area contributed by atoms with E-state index in [1.807, 2.05) is 6.92 Å². The molecular formula is C23H35N5O5S. The minimum absolute atomic E-state index is 0.0599. The van der Waals surface area contributed by atoms with Gasteiger partial charge in [0.1, 0.15) is 0 Å². The number of nitrogens with zero attached hydrogens (tertiary/aromatic N) is 5. The summed E-state index contributed by atoms with van der Waals surface area (Å²) in [4.78, 5) is 14.9. The number of rotatable bonds is 6. The molecule has 0 saturated heterocycles. The van der Waals surface area contributed by atoms with Gasteiger partial charge in [-0.15, -0.1) is 5.10 Å². The lowest BCUT2D eigenvalue weighted by Crippen LogP contribution is -2.47. The third-order valence-corrected chi connectivity index (χ3v) is 8.34. The van der Waals surface area contributed by atoms with Crippen LogP contribution in [0.2, 0.25) is 0 Å². The zero-order valence-electron chi connectivity index (χ0n) is 20.3. The first-order valence-corrected chi connectivity index (χ1v) is 13.0. The average Bonchev–Trinajstić information content (AvgIpc) is 3.25. The third-order valence-electron chi connectivity index (χ3n) is 6.36. The van der Waals surface area contributed by atoms with Crippen LogP contribution in [0.1, 0.15) is 37.9 Å². The van der Waals surface area contributed by atoms with Crippen molar-refractivity contribution in [1.29, 1.82) is 0 Å². The minimum Gasteiger partial charge on any atom is -0.394 e. The second kappa shape index (κ2) is 11.4. The van der Waals surface area contributed by atoms with Crippen LogP contribution < -0.4 is 0 Å². The van der Waals surface area contributed by atoms with E-state index in [1.165, 1.54) is 4.31 Å². The molecule has 188 valence electrons. The first-order chi connectivity index (χ1) is 16.1. The summed E-state index contributed by atoms with van der Waals surface area (Å²) < 4.78 is 35.8.